The summed E-state index contributed by atoms with van der Waals surface area (Å²) in [5, 5.41) is 10.6. The predicted octanol–water partition coefficient (Wildman–Crippen LogP) is 2.58. The van der Waals surface area contributed by atoms with Crippen LogP contribution in [0.5, 0.6) is 5.75 Å². The zero-order valence-electron chi connectivity index (χ0n) is 9.15. The van der Waals surface area contributed by atoms with Gasteiger partial charge >= 0.3 is 11.9 Å². The minimum absolute atomic E-state index is 0.371. The molecular formula is C10H8F3NO4. The van der Waals surface area contributed by atoms with Gasteiger partial charge in [0.05, 0.1) is 10.5 Å². The van der Waals surface area contributed by atoms with Gasteiger partial charge in [-0.1, -0.05) is 0 Å². The lowest BCUT2D eigenvalue weighted by Gasteiger charge is -2.09. The van der Waals surface area contributed by atoms with E-state index in [-0.39, 0.29) is 5.75 Å². The summed E-state index contributed by atoms with van der Waals surface area (Å²) in [6.07, 6.45) is -4.68. The fraction of sp³-hybridized carbons (Fsp3) is 0.300. The third-order valence-corrected chi connectivity index (χ3v) is 1.91. The highest BCUT2D eigenvalue weighted by atomic mass is 19.4. The number of ether oxygens (including phenoxy) is 1. The standard InChI is InChI=1S/C10H8F3NO4/c1-6(15)5-18-9-3-2-7(10(11,12)13)4-8(9)14(16)17/h2-4H,5H2,1H3. The molecule has 0 saturated heterocycles. The van der Waals surface area contributed by atoms with Crippen molar-refractivity contribution in [2.45, 2.75) is 13.1 Å². The van der Waals surface area contributed by atoms with E-state index in [0.29, 0.717) is 12.1 Å². The van der Waals surface area contributed by atoms with Gasteiger partial charge in [-0.15, -0.1) is 0 Å². The quantitative estimate of drug-likeness (QED) is 0.618. The van der Waals surface area contributed by atoms with Crippen LogP contribution in [0, 0.1) is 10.1 Å². The second-order valence-corrected chi connectivity index (χ2v) is 3.43. The maximum Gasteiger partial charge on any atom is 0.416 e. The summed E-state index contributed by atoms with van der Waals surface area (Å²) < 4.78 is 41.8. The van der Waals surface area contributed by atoms with Crippen LogP contribution in [0.15, 0.2) is 18.2 Å². The molecule has 0 heterocycles. The fourth-order valence-electron chi connectivity index (χ4n) is 1.14. The first-order chi connectivity index (χ1) is 8.21. The van der Waals surface area contributed by atoms with Crippen LogP contribution in [0.4, 0.5) is 18.9 Å². The Bertz CT molecular complexity index is 485. The molecule has 0 fully saturated rings. The third-order valence-electron chi connectivity index (χ3n) is 1.91. The minimum Gasteiger partial charge on any atom is -0.479 e. The van der Waals surface area contributed by atoms with E-state index in [1.54, 1.807) is 0 Å². The molecule has 0 amide bonds. The molecule has 0 spiro atoms. The average molecular weight is 263 g/mol. The molecule has 1 aromatic rings. The van der Waals surface area contributed by atoms with Crippen LogP contribution < -0.4 is 4.74 Å². The number of halogens is 3. The number of nitro groups is 1. The number of alkyl halides is 3. The monoisotopic (exact) mass is 263 g/mol. The van der Waals surface area contributed by atoms with E-state index >= 15 is 0 Å². The van der Waals surface area contributed by atoms with E-state index in [4.69, 9.17) is 4.74 Å². The minimum atomic E-state index is -4.68. The third kappa shape index (κ3) is 3.44. The SMILES string of the molecule is CC(=O)COc1ccc(C(F)(F)F)cc1[N+](=O)[O-]. The highest BCUT2D eigenvalue weighted by Gasteiger charge is 2.33. The van der Waals surface area contributed by atoms with Crippen molar-refractivity contribution in [3.8, 4) is 5.75 Å². The van der Waals surface area contributed by atoms with Gasteiger partial charge in [-0.2, -0.15) is 13.2 Å². The molecule has 1 rings (SSSR count). The maximum atomic E-state index is 12.4. The number of nitro benzene ring substituents is 1. The lowest BCUT2D eigenvalue weighted by atomic mass is 10.2. The molecule has 0 bridgehead atoms. The van der Waals surface area contributed by atoms with Crippen LogP contribution in [-0.4, -0.2) is 17.3 Å². The molecule has 8 heteroatoms. The van der Waals surface area contributed by atoms with Crippen molar-refractivity contribution in [1.29, 1.82) is 0 Å². The molecule has 18 heavy (non-hydrogen) atoms. The van der Waals surface area contributed by atoms with Gasteiger partial charge in [0.1, 0.15) is 6.61 Å². The summed E-state index contributed by atoms with van der Waals surface area (Å²) in [7, 11) is 0. The predicted molar refractivity (Wildman–Crippen MR) is 54.3 cm³/mol. The van der Waals surface area contributed by atoms with Crippen molar-refractivity contribution in [1.82, 2.24) is 0 Å². The van der Waals surface area contributed by atoms with E-state index in [1.807, 2.05) is 0 Å². The van der Waals surface area contributed by atoms with E-state index in [0.717, 1.165) is 6.07 Å². The molecule has 0 aromatic heterocycles. The van der Waals surface area contributed by atoms with E-state index in [9.17, 15) is 28.1 Å². The van der Waals surface area contributed by atoms with E-state index < -0.39 is 34.7 Å². The number of carbonyl (C=O) groups is 1. The largest absolute Gasteiger partial charge is 0.479 e. The molecule has 1 aromatic carbocycles. The maximum absolute atomic E-state index is 12.4. The summed E-state index contributed by atoms with van der Waals surface area (Å²) in [6.45, 7) is 0.752. The Balaban J connectivity index is 3.13. The number of Topliss-reactive ketones (excluding diaryl/α,β-unsaturated/α-hetero) is 1. The number of ketones is 1. The normalized spacial score (nSPS) is 11.1. The number of benzene rings is 1. The first-order valence-corrected chi connectivity index (χ1v) is 4.69. The van der Waals surface area contributed by atoms with E-state index in [2.05, 4.69) is 0 Å². The number of rotatable bonds is 4. The molecule has 0 aliphatic carbocycles. The summed E-state index contributed by atoms with van der Waals surface area (Å²) in [5.41, 5.74) is -1.98. The van der Waals surface area contributed by atoms with Crippen molar-refractivity contribution in [2.75, 3.05) is 6.61 Å². The molecule has 5 nitrogen and oxygen atoms in total. The second-order valence-electron chi connectivity index (χ2n) is 3.43. The number of nitrogens with zero attached hydrogens (tertiary/aromatic N) is 1. The number of hydrogen-bond donors (Lipinski definition) is 0. The van der Waals surface area contributed by atoms with Crippen molar-refractivity contribution in [2.24, 2.45) is 0 Å². The zero-order chi connectivity index (χ0) is 13.9. The highest BCUT2D eigenvalue weighted by molar-refractivity contribution is 5.77. The summed E-state index contributed by atoms with van der Waals surface area (Å²) in [4.78, 5) is 20.3. The first-order valence-electron chi connectivity index (χ1n) is 4.69. The smallest absolute Gasteiger partial charge is 0.416 e. The van der Waals surface area contributed by atoms with Crippen molar-refractivity contribution < 1.29 is 27.6 Å². The molecule has 0 atom stereocenters. The average Bonchev–Trinajstić information content (AvgIpc) is 2.24. The van der Waals surface area contributed by atoms with Crippen LogP contribution >= 0.6 is 0 Å². The molecular weight excluding hydrogens is 255 g/mol. The Hall–Kier alpha value is -2.12. The summed E-state index contributed by atoms with van der Waals surface area (Å²) in [5.74, 6) is -0.771. The number of hydrogen-bond acceptors (Lipinski definition) is 4. The van der Waals surface area contributed by atoms with Crippen molar-refractivity contribution in [3.63, 3.8) is 0 Å². The van der Waals surface area contributed by atoms with Crippen LogP contribution in [-0.2, 0) is 11.0 Å². The lowest BCUT2D eigenvalue weighted by molar-refractivity contribution is -0.386. The zero-order valence-corrected chi connectivity index (χ0v) is 9.15. The highest BCUT2D eigenvalue weighted by Crippen LogP contribution is 2.35. The molecule has 98 valence electrons. The van der Waals surface area contributed by atoms with Gasteiger partial charge < -0.3 is 4.74 Å². The molecule has 0 radical (unpaired) electrons. The Morgan fingerprint density at radius 1 is 1.44 bits per heavy atom. The fourth-order valence-corrected chi connectivity index (χ4v) is 1.14. The van der Waals surface area contributed by atoms with Gasteiger partial charge in [0.25, 0.3) is 0 Å². The molecule has 0 aliphatic rings. The summed E-state index contributed by atoms with van der Waals surface area (Å²) in [6, 6.07) is 1.85. The van der Waals surface area contributed by atoms with Gasteiger partial charge in [0.15, 0.2) is 11.5 Å². The number of carbonyl (C=O) groups excluding carboxylic acids is 1. The Labute approximate surface area is 99.3 Å². The molecule has 0 saturated carbocycles. The first kappa shape index (κ1) is 13.9. The van der Waals surface area contributed by atoms with Gasteiger partial charge in [0.2, 0.25) is 0 Å². The molecule has 0 N–H and O–H groups in total. The van der Waals surface area contributed by atoms with Crippen LogP contribution in [0.2, 0.25) is 0 Å². The van der Waals surface area contributed by atoms with Crippen LogP contribution in [0.3, 0.4) is 0 Å². The molecule has 0 unspecified atom stereocenters. The van der Waals surface area contributed by atoms with Gasteiger partial charge in [-0.25, -0.2) is 0 Å². The van der Waals surface area contributed by atoms with Crippen LogP contribution in [0.1, 0.15) is 12.5 Å². The Morgan fingerprint density at radius 2 is 2.06 bits per heavy atom. The van der Waals surface area contributed by atoms with E-state index in [1.165, 1.54) is 6.92 Å². The van der Waals surface area contributed by atoms with Gasteiger partial charge in [0, 0.05) is 6.07 Å². The van der Waals surface area contributed by atoms with Crippen molar-refractivity contribution >= 4 is 11.5 Å². The van der Waals surface area contributed by atoms with Crippen molar-refractivity contribution in [3.05, 3.63) is 33.9 Å². The summed E-state index contributed by atoms with van der Waals surface area (Å²) >= 11 is 0. The van der Waals surface area contributed by atoms with Crippen LogP contribution in [0.25, 0.3) is 0 Å². The lowest BCUT2D eigenvalue weighted by Crippen LogP contribution is -2.10. The Morgan fingerprint density at radius 3 is 2.50 bits per heavy atom. The second kappa shape index (κ2) is 5.03. The molecule has 0 aliphatic heterocycles. The van der Waals surface area contributed by atoms with Gasteiger partial charge in [-0.3, -0.25) is 14.9 Å². The Kier molecular flexibility index (Phi) is 3.89. The van der Waals surface area contributed by atoms with Gasteiger partial charge in [-0.05, 0) is 19.1 Å². The topological polar surface area (TPSA) is 69.4 Å².